The quantitative estimate of drug-likeness (QED) is 0.766. The molecule has 15 heavy (non-hydrogen) atoms. The molecule has 1 amide bonds. The highest BCUT2D eigenvalue weighted by molar-refractivity contribution is 6.30. The van der Waals surface area contributed by atoms with E-state index in [0.717, 1.165) is 5.56 Å². The van der Waals surface area contributed by atoms with Gasteiger partial charge in [-0.05, 0) is 12.5 Å². The zero-order valence-corrected chi connectivity index (χ0v) is 9.24. The van der Waals surface area contributed by atoms with Gasteiger partial charge < -0.3 is 10.4 Å². The molecule has 0 aliphatic carbocycles. The van der Waals surface area contributed by atoms with Gasteiger partial charge in [0.05, 0.1) is 12.6 Å². The fourth-order valence-electron chi connectivity index (χ4n) is 1.21. The number of hydrogen-bond donors (Lipinski definition) is 2. The molecule has 4 heteroatoms. The maximum absolute atomic E-state index is 11.3. The lowest BCUT2D eigenvalue weighted by Gasteiger charge is -2.17. The second kappa shape index (κ2) is 5.73. The van der Waals surface area contributed by atoms with Gasteiger partial charge in [0.1, 0.15) is 5.38 Å². The number of amides is 1. The molecule has 0 unspecified atom stereocenters. The highest BCUT2D eigenvalue weighted by atomic mass is 35.5. The van der Waals surface area contributed by atoms with Crippen molar-refractivity contribution in [3.05, 3.63) is 35.9 Å². The van der Waals surface area contributed by atoms with Gasteiger partial charge in [0, 0.05) is 0 Å². The zero-order valence-electron chi connectivity index (χ0n) is 8.48. The van der Waals surface area contributed by atoms with Gasteiger partial charge in [-0.2, -0.15) is 0 Å². The predicted octanol–water partition coefficient (Wildman–Crippen LogP) is 1.46. The summed E-state index contributed by atoms with van der Waals surface area (Å²) in [6.07, 6.45) is 0. The lowest BCUT2D eigenvalue weighted by molar-refractivity contribution is -0.121. The Kier molecular flexibility index (Phi) is 4.59. The van der Waals surface area contributed by atoms with E-state index < -0.39 is 5.38 Å². The van der Waals surface area contributed by atoms with Crippen LogP contribution < -0.4 is 5.32 Å². The largest absolute Gasteiger partial charge is 0.394 e. The van der Waals surface area contributed by atoms with E-state index >= 15 is 0 Å². The second-order valence-electron chi connectivity index (χ2n) is 3.27. The highest BCUT2D eigenvalue weighted by Gasteiger charge is 2.16. The Hall–Kier alpha value is -1.06. The van der Waals surface area contributed by atoms with Gasteiger partial charge in [0.2, 0.25) is 5.91 Å². The maximum atomic E-state index is 11.3. The minimum Gasteiger partial charge on any atom is -0.394 e. The van der Waals surface area contributed by atoms with Crippen LogP contribution in [0.5, 0.6) is 0 Å². The summed E-state index contributed by atoms with van der Waals surface area (Å²) in [5.41, 5.74) is 0.866. The molecule has 1 aromatic rings. The van der Waals surface area contributed by atoms with Gasteiger partial charge in [-0.1, -0.05) is 30.3 Å². The van der Waals surface area contributed by atoms with Crippen molar-refractivity contribution in [2.45, 2.75) is 18.3 Å². The van der Waals surface area contributed by atoms with Gasteiger partial charge in [-0.25, -0.2) is 0 Å². The van der Waals surface area contributed by atoms with Crippen LogP contribution in [0.1, 0.15) is 18.5 Å². The number of alkyl halides is 1. The monoisotopic (exact) mass is 227 g/mol. The van der Waals surface area contributed by atoms with Crippen molar-refractivity contribution in [2.75, 3.05) is 6.61 Å². The van der Waals surface area contributed by atoms with Crippen molar-refractivity contribution in [3.8, 4) is 0 Å². The molecule has 2 N–H and O–H groups in total. The normalized spacial score (nSPS) is 14.3. The molecule has 0 aromatic heterocycles. The van der Waals surface area contributed by atoms with E-state index in [4.69, 9.17) is 16.7 Å². The summed E-state index contributed by atoms with van der Waals surface area (Å²) in [5, 5.41) is 11.2. The molecule has 0 heterocycles. The first kappa shape index (κ1) is 12.0. The van der Waals surface area contributed by atoms with Crippen LogP contribution in [-0.2, 0) is 4.79 Å². The Balaban J connectivity index is 2.69. The zero-order chi connectivity index (χ0) is 11.3. The summed E-state index contributed by atoms with van der Waals surface area (Å²) >= 11 is 5.62. The third-order valence-electron chi connectivity index (χ3n) is 2.06. The van der Waals surface area contributed by atoms with Crippen LogP contribution in [0, 0.1) is 0 Å². The fourth-order valence-corrected chi connectivity index (χ4v) is 1.27. The number of nitrogens with one attached hydrogen (secondary N) is 1. The summed E-state index contributed by atoms with van der Waals surface area (Å²) in [6.45, 7) is 1.45. The van der Waals surface area contributed by atoms with Crippen LogP contribution in [0.15, 0.2) is 30.3 Å². The molecule has 0 radical (unpaired) electrons. The van der Waals surface area contributed by atoms with Gasteiger partial charge in [0.15, 0.2) is 0 Å². The van der Waals surface area contributed by atoms with Crippen molar-refractivity contribution >= 4 is 17.5 Å². The molecule has 0 aliphatic rings. The number of aliphatic hydroxyl groups is 1. The van der Waals surface area contributed by atoms with E-state index in [1.807, 2.05) is 30.3 Å². The van der Waals surface area contributed by atoms with E-state index in [-0.39, 0.29) is 18.6 Å². The number of halogens is 1. The van der Waals surface area contributed by atoms with E-state index in [1.54, 1.807) is 6.92 Å². The topological polar surface area (TPSA) is 49.3 Å². The Morgan fingerprint density at radius 2 is 2.07 bits per heavy atom. The van der Waals surface area contributed by atoms with Crippen LogP contribution in [0.2, 0.25) is 0 Å². The molecule has 0 aliphatic heterocycles. The Morgan fingerprint density at radius 3 is 2.53 bits per heavy atom. The Morgan fingerprint density at radius 1 is 1.47 bits per heavy atom. The van der Waals surface area contributed by atoms with E-state index in [1.165, 1.54) is 0 Å². The molecule has 0 saturated carbocycles. The van der Waals surface area contributed by atoms with Gasteiger partial charge in [0.25, 0.3) is 0 Å². The summed E-state index contributed by atoms with van der Waals surface area (Å²) in [4.78, 5) is 11.3. The number of aliphatic hydroxyl groups excluding tert-OH is 1. The third-order valence-corrected chi connectivity index (χ3v) is 2.26. The summed E-state index contributed by atoms with van der Waals surface area (Å²) in [6, 6.07) is 8.90. The van der Waals surface area contributed by atoms with Gasteiger partial charge in [-0.15, -0.1) is 11.6 Å². The minimum absolute atomic E-state index is 0.140. The van der Waals surface area contributed by atoms with Gasteiger partial charge in [-0.3, -0.25) is 4.79 Å². The van der Waals surface area contributed by atoms with Gasteiger partial charge >= 0.3 is 0 Å². The van der Waals surface area contributed by atoms with Crippen molar-refractivity contribution in [2.24, 2.45) is 0 Å². The van der Waals surface area contributed by atoms with Crippen LogP contribution in [0.3, 0.4) is 0 Å². The fraction of sp³-hybridized carbons (Fsp3) is 0.364. The molecule has 82 valence electrons. The van der Waals surface area contributed by atoms with Crippen LogP contribution in [-0.4, -0.2) is 23.0 Å². The first-order chi connectivity index (χ1) is 7.15. The minimum atomic E-state index is -0.595. The second-order valence-corrected chi connectivity index (χ2v) is 3.93. The molecular weight excluding hydrogens is 214 g/mol. The summed E-state index contributed by atoms with van der Waals surface area (Å²) in [7, 11) is 0. The Bertz CT molecular complexity index is 314. The molecule has 0 saturated heterocycles. The van der Waals surface area contributed by atoms with E-state index in [2.05, 4.69) is 5.32 Å². The number of carbonyl (C=O) groups is 1. The molecule has 0 bridgehead atoms. The molecule has 0 fully saturated rings. The summed E-state index contributed by atoms with van der Waals surface area (Å²) in [5.74, 6) is -0.278. The highest BCUT2D eigenvalue weighted by Crippen LogP contribution is 2.12. The average molecular weight is 228 g/mol. The van der Waals surface area contributed by atoms with Crippen molar-refractivity contribution in [3.63, 3.8) is 0 Å². The standard InChI is InChI=1S/C11H14ClNO2/c1-8(12)11(15)13-10(7-14)9-5-3-2-4-6-9/h2-6,8,10,14H,7H2,1H3,(H,13,15)/t8-,10+/m1/s1. The molecule has 1 rings (SSSR count). The number of rotatable bonds is 4. The van der Waals surface area contributed by atoms with E-state index in [0.29, 0.717) is 0 Å². The van der Waals surface area contributed by atoms with Crippen LogP contribution in [0.4, 0.5) is 0 Å². The lowest BCUT2D eigenvalue weighted by Crippen LogP contribution is -2.35. The van der Waals surface area contributed by atoms with Crippen molar-refractivity contribution < 1.29 is 9.90 Å². The first-order valence-corrected chi connectivity index (χ1v) is 5.19. The Labute approximate surface area is 94.1 Å². The van der Waals surface area contributed by atoms with Crippen molar-refractivity contribution in [1.82, 2.24) is 5.32 Å². The third kappa shape index (κ3) is 3.53. The number of benzene rings is 1. The number of hydrogen-bond acceptors (Lipinski definition) is 2. The predicted molar refractivity (Wildman–Crippen MR) is 59.7 cm³/mol. The van der Waals surface area contributed by atoms with Crippen LogP contribution in [0.25, 0.3) is 0 Å². The molecule has 3 nitrogen and oxygen atoms in total. The summed E-state index contributed by atoms with van der Waals surface area (Å²) < 4.78 is 0. The number of carbonyl (C=O) groups excluding carboxylic acids is 1. The van der Waals surface area contributed by atoms with E-state index in [9.17, 15) is 4.79 Å². The molecule has 0 spiro atoms. The lowest BCUT2D eigenvalue weighted by atomic mass is 10.1. The first-order valence-electron chi connectivity index (χ1n) is 4.75. The molecular formula is C11H14ClNO2. The molecule has 2 atom stereocenters. The maximum Gasteiger partial charge on any atom is 0.238 e. The average Bonchev–Trinajstić information content (AvgIpc) is 2.26. The van der Waals surface area contributed by atoms with Crippen LogP contribution >= 0.6 is 11.6 Å². The molecule has 1 aromatic carbocycles. The SMILES string of the molecule is C[C@@H](Cl)C(=O)N[C@@H](CO)c1ccccc1. The van der Waals surface area contributed by atoms with Crippen molar-refractivity contribution in [1.29, 1.82) is 0 Å². The smallest absolute Gasteiger partial charge is 0.238 e.